The largest absolute Gasteiger partial charge is 0.382 e. The number of hydrogen-bond donors (Lipinski definition) is 2. The van der Waals surface area contributed by atoms with Crippen LogP contribution in [0.15, 0.2) is 53.4 Å². The van der Waals surface area contributed by atoms with E-state index in [1.807, 2.05) is 30.3 Å². The summed E-state index contributed by atoms with van der Waals surface area (Å²) >= 11 is 0. The molecular weight excluding hydrogens is 464 g/mol. The molecule has 0 atom stereocenters. The smallest absolute Gasteiger partial charge is 0.240 e. The van der Waals surface area contributed by atoms with Crippen LogP contribution in [0.3, 0.4) is 0 Å². The number of imidazole rings is 1. The maximum atomic E-state index is 12.5. The van der Waals surface area contributed by atoms with Gasteiger partial charge in [-0.2, -0.15) is 5.26 Å². The number of unbranched alkanes of at least 4 members (excludes halogenated alkanes) is 1. The van der Waals surface area contributed by atoms with Crippen LogP contribution in [0.4, 0.5) is 5.82 Å². The number of sulfonamides is 1. The molecule has 0 fully saturated rings. The van der Waals surface area contributed by atoms with Crippen LogP contribution < -0.4 is 10.5 Å². The number of rotatable bonds is 11. The monoisotopic (exact) mass is 492 g/mol. The lowest BCUT2D eigenvalue weighted by atomic mass is 10.2. The van der Waals surface area contributed by atoms with Crippen LogP contribution in [-0.2, 0) is 27.7 Å². The number of nitrogens with zero attached hydrogens (tertiary/aromatic N) is 4. The van der Waals surface area contributed by atoms with Gasteiger partial charge in [0.2, 0.25) is 10.0 Å². The number of benzene rings is 2. The van der Waals surface area contributed by atoms with E-state index in [1.54, 1.807) is 12.1 Å². The average molecular weight is 493 g/mol. The lowest BCUT2D eigenvalue weighted by Crippen LogP contribution is -2.28. The number of aromatic nitrogens is 3. The molecule has 10 heteroatoms. The fraction of sp³-hybridized carbons (Fsp3) is 0.320. The summed E-state index contributed by atoms with van der Waals surface area (Å²) in [5.74, 6) is 1.35. The molecule has 0 saturated carbocycles. The Morgan fingerprint density at radius 2 is 1.97 bits per heavy atom. The summed E-state index contributed by atoms with van der Waals surface area (Å²) in [4.78, 5) is 9.36. The molecule has 35 heavy (non-hydrogen) atoms. The molecule has 0 aliphatic rings. The van der Waals surface area contributed by atoms with E-state index >= 15 is 0 Å². The van der Waals surface area contributed by atoms with Crippen molar-refractivity contribution in [2.24, 2.45) is 0 Å². The Morgan fingerprint density at radius 1 is 1.14 bits per heavy atom. The Morgan fingerprint density at radius 3 is 2.77 bits per heavy atom. The van der Waals surface area contributed by atoms with Gasteiger partial charge in [-0.1, -0.05) is 37.6 Å². The second-order valence-corrected chi connectivity index (χ2v) is 9.91. The molecule has 0 bridgehead atoms. The predicted octanol–water partition coefficient (Wildman–Crippen LogP) is 3.38. The summed E-state index contributed by atoms with van der Waals surface area (Å²) in [6.45, 7) is 3.40. The summed E-state index contributed by atoms with van der Waals surface area (Å²) in [6.07, 6.45) is 2.87. The van der Waals surface area contributed by atoms with E-state index < -0.39 is 10.0 Å². The van der Waals surface area contributed by atoms with Crippen molar-refractivity contribution in [2.75, 3.05) is 25.5 Å². The van der Waals surface area contributed by atoms with E-state index in [2.05, 4.69) is 21.2 Å². The predicted molar refractivity (Wildman–Crippen MR) is 135 cm³/mol. The Hall–Kier alpha value is -3.52. The molecule has 0 saturated heterocycles. The first kappa shape index (κ1) is 24.6. The van der Waals surface area contributed by atoms with Crippen LogP contribution in [0.25, 0.3) is 21.9 Å². The summed E-state index contributed by atoms with van der Waals surface area (Å²) in [6, 6.07) is 15.7. The first-order valence-corrected chi connectivity index (χ1v) is 13.0. The number of nitrogen functional groups attached to an aromatic ring is 1. The van der Waals surface area contributed by atoms with Crippen LogP contribution in [0.1, 0.15) is 31.2 Å². The van der Waals surface area contributed by atoms with Crippen LogP contribution >= 0.6 is 0 Å². The molecule has 0 aliphatic heterocycles. The van der Waals surface area contributed by atoms with E-state index in [4.69, 9.17) is 20.7 Å². The second kappa shape index (κ2) is 10.8. The van der Waals surface area contributed by atoms with Gasteiger partial charge in [0.25, 0.3) is 0 Å². The van der Waals surface area contributed by atoms with E-state index in [1.165, 1.54) is 12.1 Å². The highest BCUT2D eigenvalue weighted by Gasteiger charge is 2.17. The van der Waals surface area contributed by atoms with Gasteiger partial charge in [-0.25, -0.2) is 23.1 Å². The van der Waals surface area contributed by atoms with Crippen molar-refractivity contribution in [3.63, 3.8) is 0 Å². The van der Waals surface area contributed by atoms with Crippen molar-refractivity contribution >= 4 is 37.8 Å². The Balaban J connectivity index is 1.44. The zero-order chi connectivity index (χ0) is 24.8. The number of pyridine rings is 1. The minimum Gasteiger partial charge on any atom is -0.382 e. The van der Waals surface area contributed by atoms with Gasteiger partial charge in [0.1, 0.15) is 11.3 Å². The van der Waals surface area contributed by atoms with Crippen molar-refractivity contribution in [1.29, 1.82) is 5.26 Å². The highest BCUT2D eigenvalue weighted by Crippen LogP contribution is 2.29. The molecule has 9 nitrogen and oxygen atoms in total. The van der Waals surface area contributed by atoms with Gasteiger partial charge in [-0.05, 0) is 30.7 Å². The molecule has 0 radical (unpaired) electrons. The van der Waals surface area contributed by atoms with Crippen LogP contribution in [0.5, 0.6) is 0 Å². The zero-order valence-electron chi connectivity index (χ0n) is 19.6. The molecule has 182 valence electrons. The van der Waals surface area contributed by atoms with Gasteiger partial charge in [0.15, 0.2) is 5.82 Å². The number of nitrogens with one attached hydrogen (secondary N) is 1. The Kier molecular flexibility index (Phi) is 7.60. The van der Waals surface area contributed by atoms with Gasteiger partial charge in [-0.15, -0.1) is 0 Å². The standard InChI is InChI=1S/C25H28N6O3S/c1-2-3-11-22-30-23-24(20-9-4-5-10-21(20)29-25(23)27)31(22)13-15-34-14-12-28-35(32,33)19-8-6-7-18(16-19)17-26/h4-10,16,28H,2-3,11-15H2,1H3,(H2,27,29). The molecule has 0 unspecified atom stereocenters. The quantitative estimate of drug-likeness (QED) is 0.306. The SMILES string of the molecule is CCCCc1nc2c(N)nc3ccccc3c2n1CCOCCNS(=O)(=O)c1cccc(C#N)c1. The summed E-state index contributed by atoms with van der Waals surface area (Å²) < 4.78 is 35.3. The topological polar surface area (TPSA) is 136 Å². The molecule has 0 spiro atoms. The number of nitrogens with two attached hydrogens (primary N) is 1. The molecule has 2 aromatic heterocycles. The third-order valence-electron chi connectivity index (χ3n) is 5.71. The first-order chi connectivity index (χ1) is 16.9. The van der Waals surface area contributed by atoms with Gasteiger partial charge in [-0.3, -0.25) is 0 Å². The van der Waals surface area contributed by atoms with Gasteiger partial charge < -0.3 is 15.0 Å². The number of nitriles is 1. The number of hydrogen-bond acceptors (Lipinski definition) is 7. The number of aryl methyl sites for hydroxylation is 1. The minimum atomic E-state index is -3.72. The van der Waals surface area contributed by atoms with E-state index in [-0.39, 0.29) is 18.0 Å². The first-order valence-electron chi connectivity index (χ1n) is 11.6. The molecule has 0 aliphatic carbocycles. The van der Waals surface area contributed by atoms with E-state index in [9.17, 15) is 8.42 Å². The Labute approximate surface area is 204 Å². The van der Waals surface area contributed by atoms with Crippen molar-refractivity contribution < 1.29 is 13.2 Å². The summed E-state index contributed by atoms with van der Waals surface area (Å²) in [5, 5.41) is 9.97. The lowest BCUT2D eigenvalue weighted by Gasteiger charge is -2.12. The van der Waals surface area contributed by atoms with E-state index in [0.717, 1.165) is 41.5 Å². The minimum absolute atomic E-state index is 0.0556. The van der Waals surface area contributed by atoms with Crippen LogP contribution in [0.2, 0.25) is 0 Å². The molecule has 3 N–H and O–H groups in total. The second-order valence-electron chi connectivity index (χ2n) is 8.14. The fourth-order valence-electron chi connectivity index (χ4n) is 3.99. The number of para-hydroxylation sites is 1. The number of ether oxygens (including phenoxy) is 1. The third-order valence-corrected chi connectivity index (χ3v) is 7.17. The summed E-state index contributed by atoms with van der Waals surface area (Å²) in [5.41, 5.74) is 8.98. The van der Waals surface area contributed by atoms with Crippen molar-refractivity contribution in [3.05, 3.63) is 59.9 Å². The third kappa shape index (κ3) is 5.43. The van der Waals surface area contributed by atoms with Crippen LogP contribution in [0, 0.1) is 11.3 Å². The van der Waals surface area contributed by atoms with Gasteiger partial charge in [0.05, 0.1) is 40.8 Å². The molecule has 0 amide bonds. The fourth-order valence-corrected chi connectivity index (χ4v) is 5.05. The zero-order valence-corrected chi connectivity index (χ0v) is 20.4. The molecule has 2 aromatic carbocycles. The van der Waals surface area contributed by atoms with Gasteiger partial charge >= 0.3 is 0 Å². The van der Waals surface area contributed by atoms with Gasteiger partial charge in [0, 0.05) is 24.9 Å². The maximum Gasteiger partial charge on any atom is 0.240 e. The summed E-state index contributed by atoms with van der Waals surface area (Å²) in [7, 11) is -3.72. The molecular formula is C25H28N6O3S. The van der Waals surface area contributed by atoms with Crippen molar-refractivity contribution in [1.82, 2.24) is 19.3 Å². The van der Waals surface area contributed by atoms with Crippen LogP contribution in [-0.4, -0.2) is 42.7 Å². The van der Waals surface area contributed by atoms with Crippen molar-refractivity contribution in [3.8, 4) is 6.07 Å². The average Bonchev–Trinajstić information content (AvgIpc) is 3.24. The number of fused-ring (bicyclic) bond motifs is 3. The highest BCUT2D eigenvalue weighted by atomic mass is 32.2. The molecule has 2 heterocycles. The highest BCUT2D eigenvalue weighted by molar-refractivity contribution is 7.89. The number of anilines is 1. The molecule has 4 aromatic rings. The normalized spacial score (nSPS) is 11.8. The van der Waals surface area contributed by atoms with Crippen molar-refractivity contribution in [2.45, 2.75) is 37.6 Å². The van der Waals surface area contributed by atoms with E-state index in [0.29, 0.717) is 30.0 Å². The molecule has 4 rings (SSSR count). The maximum absolute atomic E-state index is 12.5. The Bertz CT molecular complexity index is 1490. The lowest BCUT2D eigenvalue weighted by molar-refractivity contribution is 0.131.